The third kappa shape index (κ3) is 3.84. The van der Waals surface area contributed by atoms with Crippen molar-refractivity contribution < 1.29 is 5.11 Å². The molecule has 1 atom stereocenters. The van der Waals surface area contributed by atoms with Crippen molar-refractivity contribution in [3.8, 4) is 0 Å². The maximum Gasteiger partial charge on any atom is 0.0790 e. The third-order valence-corrected chi connectivity index (χ3v) is 3.07. The topological polar surface area (TPSA) is 20.2 Å². The average Bonchev–Trinajstić information content (AvgIpc) is 2.22. The first kappa shape index (κ1) is 12.5. The summed E-state index contributed by atoms with van der Waals surface area (Å²) in [5, 5.41) is 10.7. The highest BCUT2D eigenvalue weighted by Gasteiger charge is 2.07. The molecule has 0 heterocycles. The van der Waals surface area contributed by atoms with E-state index >= 15 is 0 Å². The minimum Gasteiger partial charge on any atom is -0.388 e. The molecule has 0 saturated carbocycles. The lowest BCUT2D eigenvalue weighted by Crippen LogP contribution is -1.97. The van der Waals surface area contributed by atoms with E-state index in [0.717, 1.165) is 29.0 Å². The Morgan fingerprint density at radius 1 is 1.33 bits per heavy atom. The highest BCUT2D eigenvalue weighted by atomic mass is 35.5. The molecule has 1 aromatic carbocycles. The molecule has 0 aliphatic carbocycles. The monoisotopic (exact) mass is 226 g/mol. The molecule has 1 aromatic rings. The molecule has 0 aliphatic heterocycles. The summed E-state index contributed by atoms with van der Waals surface area (Å²) in [6.07, 6.45) is 3.96. The molecule has 0 aromatic heterocycles. The van der Waals surface area contributed by atoms with Crippen LogP contribution in [0.5, 0.6) is 0 Å². The van der Waals surface area contributed by atoms with Crippen LogP contribution in [-0.4, -0.2) is 5.11 Å². The number of hydrogen-bond acceptors (Lipinski definition) is 1. The van der Waals surface area contributed by atoms with Gasteiger partial charge in [0.2, 0.25) is 0 Å². The highest BCUT2D eigenvalue weighted by molar-refractivity contribution is 6.31. The zero-order valence-electron chi connectivity index (χ0n) is 9.46. The van der Waals surface area contributed by atoms with Gasteiger partial charge in [-0.2, -0.15) is 0 Å². The van der Waals surface area contributed by atoms with Gasteiger partial charge in [-0.05, 0) is 30.5 Å². The van der Waals surface area contributed by atoms with Crippen molar-refractivity contribution in [3.05, 3.63) is 34.3 Å². The van der Waals surface area contributed by atoms with E-state index in [2.05, 4.69) is 6.92 Å². The predicted molar refractivity (Wildman–Crippen MR) is 65.3 cm³/mol. The molecule has 0 saturated heterocycles. The van der Waals surface area contributed by atoms with Gasteiger partial charge in [-0.25, -0.2) is 0 Å². The minimum absolute atomic E-state index is 0.340. The molecule has 84 valence electrons. The van der Waals surface area contributed by atoms with E-state index < -0.39 is 0 Å². The smallest absolute Gasteiger partial charge is 0.0790 e. The number of benzene rings is 1. The normalized spacial score (nSPS) is 12.8. The summed E-state index contributed by atoms with van der Waals surface area (Å²) in [6, 6.07) is 5.74. The van der Waals surface area contributed by atoms with E-state index in [1.165, 1.54) is 12.8 Å². The first-order valence-electron chi connectivity index (χ1n) is 5.59. The third-order valence-electron chi connectivity index (χ3n) is 2.65. The number of halogens is 1. The van der Waals surface area contributed by atoms with Crippen LogP contribution >= 0.6 is 11.6 Å². The van der Waals surface area contributed by atoms with Crippen molar-refractivity contribution in [2.45, 2.75) is 45.6 Å². The molecule has 0 fully saturated rings. The van der Waals surface area contributed by atoms with Crippen molar-refractivity contribution in [3.63, 3.8) is 0 Å². The second-order valence-electron chi connectivity index (χ2n) is 4.02. The summed E-state index contributed by atoms with van der Waals surface area (Å²) in [5.74, 6) is 0. The van der Waals surface area contributed by atoms with Crippen LogP contribution in [-0.2, 0) is 0 Å². The van der Waals surface area contributed by atoms with Crippen LogP contribution in [0.1, 0.15) is 49.8 Å². The molecular formula is C13H19ClO. The van der Waals surface area contributed by atoms with Crippen LogP contribution in [0, 0.1) is 6.92 Å². The van der Waals surface area contributed by atoms with Crippen LogP contribution in [0.2, 0.25) is 5.02 Å². The molecule has 1 unspecified atom stereocenters. The number of aliphatic hydroxyl groups excluding tert-OH is 1. The molecule has 1 rings (SSSR count). The lowest BCUT2D eigenvalue weighted by molar-refractivity contribution is 0.163. The molecule has 1 N–H and O–H groups in total. The van der Waals surface area contributed by atoms with Gasteiger partial charge >= 0.3 is 0 Å². The summed E-state index contributed by atoms with van der Waals surface area (Å²) < 4.78 is 0. The molecular weight excluding hydrogens is 208 g/mol. The SMILES string of the molecule is CCCCCC(O)c1ccc(Cl)c(C)c1. The Hall–Kier alpha value is -0.530. The van der Waals surface area contributed by atoms with E-state index in [4.69, 9.17) is 11.6 Å². The van der Waals surface area contributed by atoms with E-state index in [1.807, 2.05) is 25.1 Å². The van der Waals surface area contributed by atoms with E-state index in [0.29, 0.717) is 0 Å². The van der Waals surface area contributed by atoms with E-state index in [-0.39, 0.29) is 6.10 Å². The summed E-state index contributed by atoms with van der Waals surface area (Å²) in [5.41, 5.74) is 2.01. The van der Waals surface area contributed by atoms with Crippen molar-refractivity contribution in [2.75, 3.05) is 0 Å². The molecule has 15 heavy (non-hydrogen) atoms. The van der Waals surface area contributed by atoms with Crippen LogP contribution < -0.4 is 0 Å². The summed E-state index contributed by atoms with van der Waals surface area (Å²) in [7, 11) is 0. The Morgan fingerprint density at radius 3 is 2.67 bits per heavy atom. The number of aliphatic hydroxyl groups is 1. The van der Waals surface area contributed by atoms with Gasteiger partial charge < -0.3 is 5.11 Å². The molecule has 0 aliphatic rings. The fraction of sp³-hybridized carbons (Fsp3) is 0.538. The van der Waals surface area contributed by atoms with E-state index in [1.54, 1.807) is 0 Å². The summed E-state index contributed by atoms with van der Waals surface area (Å²) >= 11 is 5.93. The standard InChI is InChI=1S/C13H19ClO/c1-3-4-5-6-13(15)11-7-8-12(14)10(2)9-11/h7-9,13,15H,3-6H2,1-2H3. The Bertz CT molecular complexity index is 309. The van der Waals surface area contributed by atoms with Crippen LogP contribution in [0.25, 0.3) is 0 Å². The predicted octanol–water partition coefficient (Wildman–Crippen LogP) is 4.26. The van der Waals surface area contributed by atoms with Crippen molar-refractivity contribution >= 4 is 11.6 Å². The number of rotatable bonds is 5. The molecule has 0 bridgehead atoms. The summed E-state index contributed by atoms with van der Waals surface area (Å²) in [4.78, 5) is 0. The van der Waals surface area contributed by atoms with E-state index in [9.17, 15) is 5.11 Å². The van der Waals surface area contributed by atoms with Crippen LogP contribution in [0.4, 0.5) is 0 Å². The van der Waals surface area contributed by atoms with Gasteiger partial charge in [0.15, 0.2) is 0 Å². The number of hydrogen-bond donors (Lipinski definition) is 1. The summed E-state index contributed by atoms with van der Waals surface area (Å²) in [6.45, 7) is 4.13. The van der Waals surface area contributed by atoms with Crippen molar-refractivity contribution in [1.29, 1.82) is 0 Å². The Labute approximate surface area is 97.1 Å². The number of unbranched alkanes of at least 4 members (excludes halogenated alkanes) is 2. The largest absolute Gasteiger partial charge is 0.388 e. The highest BCUT2D eigenvalue weighted by Crippen LogP contribution is 2.24. The lowest BCUT2D eigenvalue weighted by Gasteiger charge is -2.11. The fourth-order valence-corrected chi connectivity index (χ4v) is 1.75. The first-order valence-corrected chi connectivity index (χ1v) is 5.97. The molecule has 0 amide bonds. The second kappa shape index (κ2) is 6.14. The molecule has 0 spiro atoms. The van der Waals surface area contributed by atoms with Gasteiger partial charge in [-0.3, -0.25) is 0 Å². The second-order valence-corrected chi connectivity index (χ2v) is 4.43. The van der Waals surface area contributed by atoms with Gasteiger partial charge in [-0.15, -0.1) is 0 Å². The quantitative estimate of drug-likeness (QED) is 0.744. The maximum atomic E-state index is 9.92. The maximum absolute atomic E-state index is 9.92. The molecule has 1 nitrogen and oxygen atoms in total. The fourth-order valence-electron chi connectivity index (χ4n) is 1.63. The van der Waals surface area contributed by atoms with Gasteiger partial charge in [0.1, 0.15) is 0 Å². The van der Waals surface area contributed by atoms with Crippen LogP contribution in [0.15, 0.2) is 18.2 Å². The van der Waals surface area contributed by atoms with Crippen LogP contribution in [0.3, 0.4) is 0 Å². The minimum atomic E-state index is -0.340. The zero-order valence-corrected chi connectivity index (χ0v) is 10.2. The van der Waals surface area contributed by atoms with Gasteiger partial charge in [0.05, 0.1) is 6.10 Å². The molecule has 0 radical (unpaired) electrons. The Kier molecular flexibility index (Phi) is 5.13. The van der Waals surface area contributed by atoms with Gasteiger partial charge in [-0.1, -0.05) is 49.9 Å². The van der Waals surface area contributed by atoms with Gasteiger partial charge in [0, 0.05) is 5.02 Å². The van der Waals surface area contributed by atoms with Gasteiger partial charge in [0.25, 0.3) is 0 Å². The first-order chi connectivity index (χ1) is 7.15. The zero-order chi connectivity index (χ0) is 11.3. The Balaban J connectivity index is 2.57. The number of aryl methyl sites for hydroxylation is 1. The Morgan fingerprint density at radius 2 is 2.07 bits per heavy atom. The average molecular weight is 227 g/mol. The molecule has 2 heteroatoms. The van der Waals surface area contributed by atoms with Crippen molar-refractivity contribution in [2.24, 2.45) is 0 Å². The lowest BCUT2D eigenvalue weighted by atomic mass is 10.0. The van der Waals surface area contributed by atoms with Crippen molar-refractivity contribution in [1.82, 2.24) is 0 Å².